The van der Waals surface area contributed by atoms with E-state index >= 15 is 0 Å². The van der Waals surface area contributed by atoms with Crippen molar-refractivity contribution in [1.82, 2.24) is 5.32 Å². The van der Waals surface area contributed by atoms with E-state index in [0.717, 1.165) is 12.2 Å². The lowest BCUT2D eigenvalue weighted by atomic mass is 9.93. The Hall–Kier alpha value is -1.02. The maximum Gasteiger partial charge on any atom is 0.119 e. The predicted octanol–water partition coefficient (Wildman–Crippen LogP) is 4.11. The van der Waals surface area contributed by atoms with Crippen LogP contribution < -0.4 is 10.1 Å². The van der Waals surface area contributed by atoms with Crippen molar-refractivity contribution in [3.05, 3.63) is 29.8 Å². The van der Waals surface area contributed by atoms with Gasteiger partial charge in [0, 0.05) is 6.04 Å². The van der Waals surface area contributed by atoms with Crippen LogP contribution >= 0.6 is 0 Å². The van der Waals surface area contributed by atoms with Crippen molar-refractivity contribution in [1.29, 1.82) is 0 Å². The number of nitrogens with one attached hydrogen (secondary N) is 1. The molecule has 1 N–H and O–H groups in total. The first-order valence-corrected chi connectivity index (χ1v) is 7.66. The molecule has 3 unspecified atom stereocenters. The number of hydrogen-bond donors (Lipinski definition) is 1. The maximum absolute atomic E-state index is 6.12. The van der Waals surface area contributed by atoms with Crippen LogP contribution in [0.1, 0.15) is 57.4 Å². The van der Waals surface area contributed by atoms with E-state index in [1.54, 1.807) is 0 Å². The SMILES string of the molecule is CCC(C)c1ccc(OC2CCCC(NC)C2)cc1. The summed E-state index contributed by atoms with van der Waals surface area (Å²) in [4.78, 5) is 0. The summed E-state index contributed by atoms with van der Waals surface area (Å²) in [5, 5.41) is 3.37. The topological polar surface area (TPSA) is 21.3 Å². The minimum atomic E-state index is 0.376. The minimum absolute atomic E-state index is 0.376. The molecule has 2 heteroatoms. The third kappa shape index (κ3) is 3.97. The zero-order valence-electron chi connectivity index (χ0n) is 12.5. The van der Waals surface area contributed by atoms with Crippen LogP contribution in [0.15, 0.2) is 24.3 Å². The third-order valence-corrected chi connectivity index (χ3v) is 4.40. The molecule has 0 aliphatic heterocycles. The Balaban J connectivity index is 1.92. The fourth-order valence-corrected chi connectivity index (χ4v) is 2.82. The molecule has 0 amide bonds. The Bertz CT molecular complexity index is 373. The monoisotopic (exact) mass is 261 g/mol. The summed E-state index contributed by atoms with van der Waals surface area (Å²) in [6.07, 6.45) is 6.42. The Labute approximate surface area is 117 Å². The maximum atomic E-state index is 6.12. The Kier molecular flexibility index (Phi) is 5.26. The zero-order chi connectivity index (χ0) is 13.7. The van der Waals surface area contributed by atoms with Crippen LogP contribution in [0.3, 0.4) is 0 Å². The smallest absolute Gasteiger partial charge is 0.119 e. The van der Waals surface area contributed by atoms with Gasteiger partial charge in [0.25, 0.3) is 0 Å². The molecule has 2 nitrogen and oxygen atoms in total. The van der Waals surface area contributed by atoms with Crippen molar-refractivity contribution in [2.75, 3.05) is 7.05 Å². The minimum Gasteiger partial charge on any atom is -0.490 e. The van der Waals surface area contributed by atoms with Crippen molar-refractivity contribution >= 4 is 0 Å². The summed E-state index contributed by atoms with van der Waals surface area (Å²) in [6.45, 7) is 4.50. The molecule has 0 aromatic heterocycles. The molecule has 1 saturated carbocycles. The average molecular weight is 261 g/mol. The average Bonchev–Trinajstić information content (AvgIpc) is 2.47. The van der Waals surface area contributed by atoms with Gasteiger partial charge in [-0.25, -0.2) is 0 Å². The van der Waals surface area contributed by atoms with Crippen LogP contribution in [0.2, 0.25) is 0 Å². The van der Waals surface area contributed by atoms with Gasteiger partial charge in [0.1, 0.15) is 11.9 Å². The largest absolute Gasteiger partial charge is 0.490 e. The van der Waals surface area contributed by atoms with Crippen molar-refractivity contribution in [3.63, 3.8) is 0 Å². The highest BCUT2D eigenvalue weighted by Crippen LogP contribution is 2.26. The van der Waals surface area contributed by atoms with Crippen molar-refractivity contribution in [2.24, 2.45) is 0 Å². The van der Waals surface area contributed by atoms with Crippen LogP contribution in [-0.2, 0) is 0 Å². The van der Waals surface area contributed by atoms with E-state index in [4.69, 9.17) is 4.74 Å². The second-order valence-corrected chi connectivity index (χ2v) is 5.77. The lowest BCUT2D eigenvalue weighted by molar-refractivity contribution is 0.137. The molecule has 0 bridgehead atoms. The van der Waals surface area contributed by atoms with E-state index in [1.807, 2.05) is 7.05 Å². The molecule has 2 rings (SSSR count). The lowest BCUT2D eigenvalue weighted by Gasteiger charge is -2.29. The van der Waals surface area contributed by atoms with Gasteiger partial charge in [-0.2, -0.15) is 0 Å². The summed E-state index contributed by atoms with van der Waals surface area (Å²) in [7, 11) is 2.05. The summed E-state index contributed by atoms with van der Waals surface area (Å²) in [5.74, 6) is 1.66. The number of benzene rings is 1. The van der Waals surface area contributed by atoms with E-state index in [9.17, 15) is 0 Å². The van der Waals surface area contributed by atoms with E-state index in [-0.39, 0.29) is 0 Å². The lowest BCUT2D eigenvalue weighted by Crippen LogP contribution is -2.36. The highest BCUT2D eigenvalue weighted by Gasteiger charge is 2.22. The summed E-state index contributed by atoms with van der Waals surface area (Å²) >= 11 is 0. The first-order chi connectivity index (χ1) is 9.22. The molecular formula is C17H27NO. The molecular weight excluding hydrogens is 234 g/mol. The molecule has 0 spiro atoms. The highest BCUT2D eigenvalue weighted by atomic mass is 16.5. The van der Waals surface area contributed by atoms with E-state index < -0.39 is 0 Å². The molecule has 3 atom stereocenters. The van der Waals surface area contributed by atoms with Crippen molar-refractivity contribution < 1.29 is 4.74 Å². The fourth-order valence-electron chi connectivity index (χ4n) is 2.82. The molecule has 1 aliphatic rings. The van der Waals surface area contributed by atoms with Gasteiger partial charge >= 0.3 is 0 Å². The third-order valence-electron chi connectivity index (χ3n) is 4.40. The van der Waals surface area contributed by atoms with Gasteiger partial charge in [-0.05, 0) is 62.8 Å². The number of ether oxygens (including phenoxy) is 1. The molecule has 0 heterocycles. The van der Waals surface area contributed by atoms with Crippen molar-refractivity contribution in [2.45, 2.75) is 64.0 Å². The molecule has 0 radical (unpaired) electrons. The first-order valence-electron chi connectivity index (χ1n) is 7.66. The Morgan fingerprint density at radius 2 is 2.00 bits per heavy atom. The van der Waals surface area contributed by atoms with Gasteiger partial charge in [-0.1, -0.05) is 26.0 Å². The molecule has 1 aromatic rings. The van der Waals surface area contributed by atoms with Crippen LogP contribution in [0, 0.1) is 0 Å². The predicted molar refractivity (Wildman–Crippen MR) is 80.9 cm³/mol. The normalized spacial score (nSPS) is 25.0. The van der Waals surface area contributed by atoms with E-state index in [0.29, 0.717) is 18.1 Å². The quantitative estimate of drug-likeness (QED) is 0.861. The molecule has 1 aliphatic carbocycles. The number of hydrogen-bond acceptors (Lipinski definition) is 2. The first kappa shape index (κ1) is 14.4. The van der Waals surface area contributed by atoms with E-state index in [2.05, 4.69) is 43.4 Å². The van der Waals surface area contributed by atoms with Gasteiger partial charge in [-0.15, -0.1) is 0 Å². The van der Waals surface area contributed by atoms with Crippen LogP contribution in [-0.4, -0.2) is 19.2 Å². The Morgan fingerprint density at radius 1 is 1.26 bits per heavy atom. The summed E-state index contributed by atoms with van der Waals surface area (Å²) in [5.41, 5.74) is 1.41. The second kappa shape index (κ2) is 6.95. The fraction of sp³-hybridized carbons (Fsp3) is 0.647. The summed E-state index contributed by atoms with van der Waals surface area (Å²) in [6, 6.07) is 9.30. The van der Waals surface area contributed by atoms with E-state index in [1.165, 1.54) is 31.2 Å². The van der Waals surface area contributed by atoms with Gasteiger partial charge in [0.2, 0.25) is 0 Å². The van der Waals surface area contributed by atoms with Gasteiger partial charge < -0.3 is 10.1 Å². The Morgan fingerprint density at radius 3 is 2.63 bits per heavy atom. The van der Waals surface area contributed by atoms with Crippen LogP contribution in [0.4, 0.5) is 0 Å². The van der Waals surface area contributed by atoms with Gasteiger partial charge in [0.05, 0.1) is 0 Å². The molecule has 1 aromatic carbocycles. The van der Waals surface area contributed by atoms with Gasteiger partial charge in [0.15, 0.2) is 0 Å². The van der Waals surface area contributed by atoms with Gasteiger partial charge in [-0.3, -0.25) is 0 Å². The zero-order valence-corrected chi connectivity index (χ0v) is 12.5. The highest BCUT2D eigenvalue weighted by molar-refractivity contribution is 5.29. The summed E-state index contributed by atoms with van der Waals surface area (Å²) < 4.78 is 6.12. The molecule has 1 fully saturated rings. The number of rotatable bonds is 5. The van der Waals surface area contributed by atoms with Crippen molar-refractivity contribution in [3.8, 4) is 5.75 Å². The molecule has 19 heavy (non-hydrogen) atoms. The second-order valence-electron chi connectivity index (χ2n) is 5.77. The molecule has 0 saturated heterocycles. The standard InChI is InChI=1S/C17H27NO/c1-4-13(2)14-8-10-16(11-9-14)19-17-7-5-6-15(12-17)18-3/h8-11,13,15,17-18H,4-7,12H2,1-3H3. The molecule has 106 valence electrons. The van der Waals surface area contributed by atoms with Crippen LogP contribution in [0.25, 0.3) is 0 Å². The van der Waals surface area contributed by atoms with Crippen LogP contribution in [0.5, 0.6) is 5.75 Å².